The van der Waals surface area contributed by atoms with E-state index in [0.717, 1.165) is 32.1 Å². The maximum Gasteiger partial charge on any atom is 0.472 e. The van der Waals surface area contributed by atoms with Gasteiger partial charge in [0.05, 0.1) is 19.8 Å². The van der Waals surface area contributed by atoms with Gasteiger partial charge in [-0.1, -0.05) is 181 Å². The number of unbranched alkanes of at least 4 members (excludes halogenated alkanes) is 26. The molecule has 0 bridgehead atoms. The molecule has 0 fully saturated rings. The van der Waals surface area contributed by atoms with Crippen molar-refractivity contribution >= 4 is 13.8 Å². The molecule has 1 unspecified atom stereocenters. The number of hydrogen-bond acceptors (Lipinski definition) is 7. The van der Waals surface area contributed by atoms with Crippen LogP contribution in [0, 0.1) is 0 Å². The lowest BCUT2D eigenvalue weighted by Gasteiger charge is -2.20. The van der Waals surface area contributed by atoms with Gasteiger partial charge in [-0.3, -0.25) is 13.8 Å². The van der Waals surface area contributed by atoms with E-state index < -0.39 is 13.9 Å². The van der Waals surface area contributed by atoms with Gasteiger partial charge < -0.3 is 20.1 Å². The molecule has 8 nitrogen and oxygen atoms in total. The summed E-state index contributed by atoms with van der Waals surface area (Å²) in [6, 6.07) is 0. The number of phosphoric acid groups is 1. The molecule has 0 aromatic heterocycles. The molecule has 47 heavy (non-hydrogen) atoms. The topological polar surface area (TPSA) is 117 Å². The zero-order valence-corrected chi connectivity index (χ0v) is 31.9. The Morgan fingerprint density at radius 1 is 0.553 bits per heavy atom. The minimum absolute atomic E-state index is 0.0904. The van der Waals surface area contributed by atoms with Crippen molar-refractivity contribution in [2.45, 2.75) is 206 Å². The summed E-state index contributed by atoms with van der Waals surface area (Å²) in [5.74, 6) is -0.328. The molecule has 0 aliphatic rings. The largest absolute Gasteiger partial charge is 0.472 e. The molecule has 282 valence electrons. The molecule has 0 amide bonds. The Kier molecular flexibility index (Phi) is 36.4. The quantitative estimate of drug-likeness (QED) is 0.0371. The van der Waals surface area contributed by atoms with Crippen molar-refractivity contribution in [1.82, 2.24) is 0 Å². The lowest BCUT2D eigenvalue weighted by Crippen LogP contribution is -2.28. The van der Waals surface area contributed by atoms with Crippen LogP contribution in [-0.4, -0.2) is 49.9 Å². The Labute approximate surface area is 291 Å². The number of phosphoric ester groups is 1. The Hall–Kier alpha value is -0.500. The summed E-state index contributed by atoms with van der Waals surface area (Å²) in [7, 11) is -4.26. The van der Waals surface area contributed by atoms with E-state index >= 15 is 0 Å². The Balaban J connectivity index is 3.95. The number of esters is 1. The van der Waals surface area contributed by atoms with Gasteiger partial charge in [-0.2, -0.15) is 0 Å². The minimum atomic E-state index is -4.26. The van der Waals surface area contributed by atoms with E-state index in [1.807, 2.05) is 0 Å². The molecular weight excluding hydrogens is 613 g/mol. The highest BCUT2D eigenvalue weighted by atomic mass is 31.2. The van der Waals surface area contributed by atoms with Gasteiger partial charge in [0.25, 0.3) is 0 Å². The second-order valence-corrected chi connectivity index (χ2v) is 15.0. The highest BCUT2D eigenvalue weighted by Gasteiger charge is 2.25. The van der Waals surface area contributed by atoms with E-state index in [1.54, 1.807) is 0 Å². The average Bonchev–Trinajstić information content (AvgIpc) is 3.06. The van der Waals surface area contributed by atoms with Crippen LogP contribution >= 0.6 is 7.82 Å². The van der Waals surface area contributed by atoms with Gasteiger partial charge >= 0.3 is 13.8 Å². The zero-order chi connectivity index (χ0) is 34.5. The van der Waals surface area contributed by atoms with Gasteiger partial charge in [0.2, 0.25) is 0 Å². The average molecular weight is 692 g/mol. The van der Waals surface area contributed by atoms with Crippen LogP contribution in [0.1, 0.15) is 200 Å². The fourth-order valence-electron chi connectivity index (χ4n) is 5.82. The van der Waals surface area contributed by atoms with Gasteiger partial charge in [-0.15, -0.1) is 0 Å². The first kappa shape index (κ1) is 46.5. The fourth-order valence-corrected chi connectivity index (χ4v) is 6.59. The number of nitrogens with two attached hydrogens (primary N) is 1. The van der Waals surface area contributed by atoms with E-state index in [4.69, 9.17) is 24.3 Å². The first-order valence-corrected chi connectivity index (χ1v) is 21.5. The van der Waals surface area contributed by atoms with Gasteiger partial charge in [-0.25, -0.2) is 4.57 Å². The van der Waals surface area contributed by atoms with Gasteiger partial charge in [0.1, 0.15) is 6.10 Å². The summed E-state index contributed by atoms with van der Waals surface area (Å²) in [5.41, 5.74) is 5.35. The minimum Gasteiger partial charge on any atom is -0.457 e. The molecule has 0 heterocycles. The number of rotatable bonds is 39. The summed E-state index contributed by atoms with van der Waals surface area (Å²) in [6.07, 6.45) is 35.5. The summed E-state index contributed by atoms with van der Waals surface area (Å²) in [5, 5.41) is 0. The number of hydrogen-bond donors (Lipinski definition) is 2. The summed E-state index contributed by atoms with van der Waals surface area (Å²) in [4.78, 5) is 22.3. The standard InChI is InChI=1S/C38H78NO7P/c1-3-5-7-9-11-13-15-16-17-18-19-20-21-22-24-26-28-30-33-43-35-37(36-45-47(41,42)44-34-32-39)46-38(40)31-29-27-25-23-14-12-10-8-6-4-2/h37H,3-36,39H2,1-2H3,(H,41,42)/t37-/m1/s1. The van der Waals surface area contributed by atoms with Crippen molar-refractivity contribution in [1.29, 1.82) is 0 Å². The maximum absolute atomic E-state index is 12.5. The Bertz CT molecular complexity index is 697. The van der Waals surface area contributed by atoms with E-state index in [1.165, 1.54) is 148 Å². The van der Waals surface area contributed by atoms with Crippen LogP contribution in [0.4, 0.5) is 0 Å². The highest BCUT2D eigenvalue weighted by molar-refractivity contribution is 7.47. The molecule has 2 atom stereocenters. The smallest absolute Gasteiger partial charge is 0.457 e. The number of carbonyl (C=O) groups is 1. The molecule has 0 aromatic rings. The molecule has 3 N–H and O–H groups in total. The molecule has 0 saturated heterocycles. The number of carbonyl (C=O) groups excluding carboxylic acids is 1. The van der Waals surface area contributed by atoms with E-state index in [9.17, 15) is 14.3 Å². The van der Waals surface area contributed by atoms with Crippen molar-refractivity contribution in [2.75, 3.05) is 33.0 Å². The normalized spacial score (nSPS) is 13.5. The maximum atomic E-state index is 12.5. The molecule has 0 aromatic carbocycles. The van der Waals surface area contributed by atoms with E-state index in [0.29, 0.717) is 13.0 Å². The van der Waals surface area contributed by atoms with Crippen molar-refractivity contribution in [2.24, 2.45) is 5.73 Å². The molecule has 0 rings (SSSR count). The van der Waals surface area contributed by atoms with Crippen LogP contribution in [0.3, 0.4) is 0 Å². The van der Waals surface area contributed by atoms with Crippen LogP contribution in [0.5, 0.6) is 0 Å². The summed E-state index contributed by atoms with van der Waals surface area (Å²) in [6.45, 7) is 4.95. The van der Waals surface area contributed by atoms with Crippen LogP contribution < -0.4 is 5.73 Å². The summed E-state index contributed by atoms with van der Waals surface area (Å²) < 4.78 is 33.3. The molecule has 0 aliphatic heterocycles. The SMILES string of the molecule is CCCCCCCCCCCCCCCCCCCCOC[C@H](COP(=O)(O)OCCN)OC(=O)CCCCCCCCCCCC. The lowest BCUT2D eigenvalue weighted by atomic mass is 10.0. The zero-order valence-electron chi connectivity index (χ0n) is 31.0. The van der Waals surface area contributed by atoms with Gasteiger partial charge in [0, 0.05) is 19.6 Å². The molecule has 0 radical (unpaired) electrons. The first-order chi connectivity index (χ1) is 22.9. The predicted molar refractivity (Wildman–Crippen MR) is 197 cm³/mol. The monoisotopic (exact) mass is 692 g/mol. The van der Waals surface area contributed by atoms with Crippen LogP contribution in [0.25, 0.3) is 0 Å². The molecule has 0 aliphatic carbocycles. The van der Waals surface area contributed by atoms with Crippen molar-refractivity contribution < 1.29 is 32.8 Å². The van der Waals surface area contributed by atoms with Crippen molar-refractivity contribution in [3.8, 4) is 0 Å². The van der Waals surface area contributed by atoms with Crippen molar-refractivity contribution in [3.63, 3.8) is 0 Å². The van der Waals surface area contributed by atoms with Crippen molar-refractivity contribution in [3.05, 3.63) is 0 Å². The highest BCUT2D eigenvalue weighted by Crippen LogP contribution is 2.43. The fraction of sp³-hybridized carbons (Fsp3) is 0.974. The Morgan fingerprint density at radius 2 is 0.936 bits per heavy atom. The van der Waals surface area contributed by atoms with Crippen LogP contribution in [0.15, 0.2) is 0 Å². The summed E-state index contributed by atoms with van der Waals surface area (Å²) >= 11 is 0. The van der Waals surface area contributed by atoms with Gasteiger partial charge in [-0.05, 0) is 12.8 Å². The molecule has 9 heteroatoms. The predicted octanol–water partition coefficient (Wildman–Crippen LogP) is 11.4. The Morgan fingerprint density at radius 3 is 1.34 bits per heavy atom. The van der Waals surface area contributed by atoms with E-state index in [-0.39, 0.29) is 32.3 Å². The second kappa shape index (κ2) is 36.8. The van der Waals surface area contributed by atoms with Crippen LogP contribution in [0.2, 0.25) is 0 Å². The number of ether oxygens (including phenoxy) is 2. The van der Waals surface area contributed by atoms with Gasteiger partial charge in [0.15, 0.2) is 0 Å². The third-order valence-corrected chi connectivity index (χ3v) is 9.76. The second-order valence-electron chi connectivity index (χ2n) is 13.5. The lowest BCUT2D eigenvalue weighted by molar-refractivity contribution is -0.154. The van der Waals surface area contributed by atoms with Crippen LogP contribution in [-0.2, 0) is 27.9 Å². The first-order valence-electron chi connectivity index (χ1n) is 20.0. The molecule has 0 saturated carbocycles. The third kappa shape index (κ3) is 36.6. The molecule has 0 spiro atoms. The third-order valence-electron chi connectivity index (χ3n) is 8.77. The molecular formula is C38H78NO7P. The van der Waals surface area contributed by atoms with E-state index in [2.05, 4.69) is 13.8 Å².